The van der Waals surface area contributed by atoms with Crippen molar-refractivity contribution in [1.29, 1.82) is 0 Å². The molecule has 1 radical (unpaired) electrons. The molecule has 0 aromatic carbocycles. The van der Waals surface area contributed by atoms with E-state index in [0.29, 0.717) is 0 Å². The summed E-state index contributed by atoms with van der Waals surface area (Å²) in [5.41, 5.74) is 0. The number of hydrogen-bond donors (Lipinski definition) is 0. The smallest absolute Gasteiger partial charge is 0.124 e. The summed E-state index contributed by atoms with van der Waals surface area (Å²) in [5, 5.41) is 0. The first-order valence-electron chi connectivity index (χ1n) is 2.77. The SMILES string of the molecule is CC(C)C[N+](C)C. The highest BCUT2D eigenvalue weighted by atomic mass is 15.0. The third kappa shape index (κ3) is 5.96. The van der Waals surface area contributed by atoms with Gasteiger partial charge in [0.1, 0.15) is 20.6 Å². The van der Waals surface area contributed by atoms with Crippen LogP contribution in [0.4, 0.5) is 0 Å². The maximum atomic E-state index is 2.22. The van der Waals surface area contributed by atoms with Crippen LogP contribution in [-0.2, 0) is 0 Å². The summed E-state index contributed by atoms with van der Waals surface area (Å²) in [5.74, 6) is 0.801. The second kappa shape index (κ2) is 3.03. The zero-order valence-electron chi connectivity index (χ0n) is 5.73. The molecule has 0 aliphatic heterocycles. The molecular weight excluding hydrogens is 86.1 g/mol. The van der Waals surface area contributed by atoms with Crippen LogP contribution in [0.25, 0.3) is 0 Å². The Bertz CT molecular complexity index is 33.4. The van der Waals surface area contributed by atoms with Crippen molar-refractivity contribution in [2.45, 2.75) is 13.8 Å². The molecule has 0 bridgehead atoms. The lowest BCUT2D eigenvalue weighted by molar-refractivity contribution is 0.470. The molecule has 0 spiro atoms. The van der Waals surface area contributed by atoms with Gasteiger partial charge in [0, 0.05) is 5.92 Å². The fourth-order valence-corrected chi connectivity index (χ4v) is 0.730. The van der Waals surface area contributed by atoms with Crippen molar-refractivity contribution >= 4 is 0 Å². The summed E-state index contributed by atoms with van der Waals surface area (Å²) in [4.78, 5) is 2.20. The number of rotatable bonds is 2. The van der Waals surface area contributed by atoms with E-state index in [9.17, 15) is 0 Å². The van der Waals surface area contributed by atoms with Gasteiger partial charge in [0.25, 0.3) is 0 Å². The van der Waals surface area contributed by atoms with Crippen molar-refractivity contribution < 1.29 is 0 Å². The van der Waals surface area contributed by atoms with E-state index >= 15 is 0 Å². The third-order valence-corrected chi connectivity index (χ3v) is 0.730. The highest BCUT2D eigenvalue weighted by Crippen LogP contribution is 1.88. The van der Waals surface area contributed by atoms with Crippen molar-refractivity contribution in [1.82, 2.24) is 4.90 Å². The monoisotopic (exact) mass is 101 g/mol. The topological polar surface area (TPSA) is 5.90 Å². The Morgan fingerprint density at radius 3 is 1.71 bits per heavy atom. The minimum atomic E-state index is 0.801. The van der Waals surface area contributed by atoms with E-state index in [0.717, 1.165) is 5.92 Å². The minimum Gasteiger partial charge on any atom is -0.175 e. The van der Waals surface area contributed by atoms with E-state index in [1.165, 1.54) is 6.54 Å². The van der Waals surface area contributed by atoms with Crippen molar-refractivity contribution in [2.75, 3.05) is 20.6 Å². The summed E-state index contributed by atoms with van der Waals surface area (Å²) < 4.78 is 0. The van der Waals surface area contributed by atoms with E-state index in [-0.39, 0.29) is 0 Å². The molecule has 0 saturated heterocycles. The summed E-state index contributed by atoms with van der Waals surface area (Å²) in [7, 11) is 4.19. The van der Waals surface area contributed by atoms with Crippen LogP contribution in [0.5, 0.6) is 0 Å². The van der Waals surface area contributed by atoms with Gasteiger partial charge in [-0.25, -0.2) is 0 Å². The van der Waals surface area contributed by atoms with Crippen molar-refractivity contribution in [3.8, 4) is 0 Å². The molecule has 43 valence electrons. The molecule has 1 heteroatoms. The fourth-order valence-electron chi connectivity index (χ4n) is 0.730. The van der Waals surface area contributed by atoms with Gasteiger partial charge in [0.05, 0.1) is 0 Å². The number of hydrogen-bond acceptors (Lipinski definition) is 1. The quantitative estimate of drug-likeness (QED) is 0.458. The maximum Gasteiger partial charge on any atom is 0.124 e. The molecule has 0 saturated carbocycles. The minimum absolute atomic E-state index is 0.801. The molecule has 0 heterocycles. The fraction of sp³-hybridized carbons (Fsp3) is 1.00. The Labute approximate surface area is 46.3 Å². The lowest BCUT2D eigenvalue weighted by atomic mass is 10.2. The van der Waals surface area contributed by atoms with E-state index in [2.05, 4.69) is 32.8 Å². The van der Waals surface area contributed by atoms with Crippen LogP contribution < -0.4 is 4.90 Å². The van der Waals surface area contributed by atoms with Gasteiger partial charge in [0.15, 0.2) is 0 Å². The van der Waals surface area contributed by atoms with Gasteiger partial charge in [-0.3, -0.25) is 0 Å². The van der Waals surface area contributed by atoms with E-state index < -0.39 is 0 Å². The summed E-state index contributed by atoms with van der Waals surface area (Å²) >= 11 is 0. The van der Waals surface area contributed by atoms with Crippen LogP contribution in [0.1, 0.15) is 13.8 Å². The van der Waals surface area contributed by atoms with Crippen molar-refractivity contribution in [2.24, 2.45) is 5.92 Å². The molecule has 0 aliphatic rings. The van der Waals surface area contributed by atoms with Gasteiger partial charge >= 0.3 is 0 Å². The number of nitrogens with zero attached hydrogens (tertiary/aromatic N) is 1. The molecule has 0 fully saturated rings. The highest BCUT2D eigenvalue weighted by Gasteiger charge is 2.00. The van der Waals surface area contributed by atoms with Gasteiger partial charge in [-0.05, 0) is 0 Å². The standard InChI is InChI=1S/C6H15N/c1-6(2)5-7(3)4/h6H,5H2,1-4H3/q+1. The summed E-state index contributed by atoms with van der Waals surface area (Å²) in [6, 6.07) is 0. The van der Waals surface area contributed by atoms with Gasteiger partial charge in [0.2, 0.25) is 0 Å². The van der Waals surface area contributed by atoms with Crippen LogP contribution in [0.2, 0.25) is 0 Å². The normalized spacial score (nSPS) is 11.1. The molecule has 0 unspecified atom stereocenters. The predicted octanol–water partition coefficient (Wildman–Crippen LogP) is 1.04. The van der Waals surface area contributed by atoms with Crippen LogP contribution in [-0.4, -0.2) is 20.6 Å². The molecular formula is C6H15N+. The lowest BCUT2D eigenvalue weighted by Gasteiger charge is -2.01. The van der Waals surface area contributed by atoms with Crippen LogP contribution in [0.15, 0.2) is 0 Å². The Morgan fingerprint density at radius 1 is 1.29 bits per heavy atom. The van der Waals surface area contributed by atoms with E-state index in [1.54, 1.807) is 0 Å². The molecule has 0 aromatic heterocycles. The zero-order valence-corrected chi connectivity index (χ0v) is 5.73. The van der Waals surface area contributed by atoms with Crippen LogP contribution in [0.3, 0.4) is 0 Å². The molecule has 0 aromatic rings. The average molecular weight is 101 g/mol. The average Bonchev–Trinajstić information content (AvgIpc) is 1.27. The molecule has 0 aliphatic carbocycles. The third-order valence-electron chi connectivity index (χ3n) is 0.730. The summed E-state index contributed by atoms with van der Waals surface area (Å²) in [6.07, 6.45) is 0. The second-order valence-corrected chi connectivity index (χ2v) is 2.66. The van der Waals surface area contributed by atoms with Gasteiger partial charge in [-0.2, -0.15) is 4.90 Å². The Morgan fingerprint density at radius 2 is 1.71 bits per heavy atom. The predicted molar refractivity (Wildman–Crippen MR) is 33.7 cm³/mol. The first-order valence-corrected chi connectivity index (χ1v) is 2.77. The largest absolute Gasteiger partial charge is 0.175 e. The first kappa shape index (κ1) is 6.96. The van der Waals surface area contributed by atoms with Crippen LogP contribution in [0, 0.1) is 5.92 Å². The van der Waals surface area contributed by atoms with Crippen molar-refractivity contribution in [3.05, 3.63) is 0 Å². The molecule has 0 atom stereocenters. The second-order valence-electron chi connectivity index (χ2n) is 2.66. The lowest BCUT2D eigenvalue weighted by Crippen LogP contribution is -2.23. The maximum absolute atomic E-state index is 2.22. The van der Waals surface area contributed by atoms with Gasteiger partial charge < -0.3 is 0 Å². The van der Waals surface area contributed by atoms with Gasteiger partial charge in [-0.15, -0.1) is 0 Å². The summed E-state index contributed by atoms with van der Waals surface area (Å²) in [6.45, 7) is 5.64. The van der Waals surface area contributed by atoms with Crippen molar-refractivity contribution in [3.63, 3.8) is 0 Å². The highest BCUT2D eigenvalue weighted by molar-refractivity contribution is 4.51. The zero-order chi connectivity index (χ0) is 5.86. The molecule has 0 amide bonds. The Kier molecular flexibility index (Phi) is 3.01. The first-order chi connectivity index (χ1) is 3.13. The Hall–Kier alpha value is -0.0400. The van der Waals surface area contributed by atoms with Gasteiger partial charge in [-0.1, -0.05) is 13.8 Å². The Balaban J connectivity index is 2.95. The van der Waals surface area contributed by atoms with E-state index in [1.807, 2.05) is 0 Å². The van der Waals surface area contributed by atoms with E-state index in [4.69, 9.17) is 0 Å². The van der Waals surface area contributed by atoms with Crippen LogP contribution >= 0.6 is 0 Å². The molecule has 7 heavy (non-hydrogen) atoms. The molecule has 0 rings (SSSR count). The molecule has 0 N–H and O–H groups in total. The molecule has 1 nitrogen and oxygen atoms in total.